The van der Waals surface area contributed by atoms with Crippen LogP contribution in [0.2, 0.25) is 0 Å². The number of hydrogen-bond acceptors (Lipinski definition) is 5. The summed E-state index contributed by atoms with van der Waals surface area (Å²) in [5.74, 6) is 5.57. The van der Waals surface area contributed by atoms with Crippen LogP contribution in [-0.4, -0.2) is 31.3 Å². The normalized spacial score (nSPS) is 11.8. The predicted octanol–water partition coefficient (Wildman–Crippen LogP) is 0.398. The molecule has 6 nitrogen and oxygen atoms in total. The van der Waals surface area contributed by atoms with Crippen LogP contribution in [0.3, 0.4) is 0 Å². The monoisotopic (exact) mass is 244 g/mol. The van der Waals surface area contributed by atoms with Gasteiger partial charge in [-0.15, -0.1) is 0 Å². The van der Waals surface area contributed by atoms with Gasteiger partial charge in [0.1, 0.15) is 10.7 Å². The van der Waals surface area contributed by atoms with Crippen LogP contribution < -0.4 is 11.3 Å². The highest BCUT2D eigenvalue weighted by Gasteiger charge is 2.19. The molecule has 0 atom stereocenters. The first-order chi connectivity index (χ1) is 7.52. The zero-order valence-corrected chi connectivity index (χ0v) is 10.2. The summed E-state index contributed by atoms with van der Waals surface area (Å²) in [6.45, 7) is 2.41. The Bertz CT molecular complexity index is 429. The molecule has 1 heterocycles. The van der Waals surface area contributed by atoms with Crippen LogP contribution in [0, 0.1) is 0 Å². The van der Waals surface area contributed by atoms with E-state index in [4.69, 9.17) is 5.84 Å². The molecule has 1 rings (SSSR count). The molecule has 1 aromatic heterocycles. The van der Waals surface area contributed by atoms with Gasteiger partial charge in [0.25, 0.3) is 0 Å². The molecule has 0 aliphatic rings. The van der Waals surface area contributed by atoms with E-state index in [0.29, 0.717) is 12.4 Å². The summed E-state index contributed by atoms with van der Waals surface area (Å²) >= 11 is 0. The number of hydrogen-bond donors (Lipinski definition) is 2. The third-order valence-electron chi connectivity index (χ3n) is 2.13. The van der Waals surface area contributed by atoms with E-state index in [0.717, 1.165) is 6.42 Å². The minimum Gasteiger partial charge on any atom is -0.308 e. The van der Waals surface area contributed by atoms with E-state index in [9.17, 15) is 8.42 Å². The molecule has 1 aromatic rings. The topological polar surface area (TPSA) is 88.3 Å². The lowest BCUT2D eigenvalue weighted by atomic mass is 10.5. The summed E-state index contributed by atoms with van der Waals surface area (Å²) in [5, 5.41) is 0. The molecule has 0 unspecified atom stereocenters. The summed E-state index contributed by atoms with van der Waals surface area (Å²) in [6.07, 6.45) is 2.06. The second-order valence-corrected chi connectivity index (χ2v) is 5.39. The molecule has 0 radical (unpaired) electrons. The van der Waals surface area contributed by atoms with Gasteiger partial charge in [-0.2, -0.15) is 0 Å². The number of pyridine rings is 1. The summed E-state index contributed by atoms with van der Waals surface area (Å²) in [7, 11) is -1.87. The molecule has 0 aliphatic carbocycles. The molecule has 0 aliphatic heterocycles. The quantitative estimate of drug-likeness (QED) is 0.578. The Labute approximate surface area is 95.5 Å². The van der Waals surface area contributed by atoms with Crippen LogP contribution in [0.25, 0.3) is 0 Å². The van der Waals surface area contributed by atoms with E-state index in [-0.39, 0.29) is 4.90 Å². The first-order valence-electron chi connectivity index (χ1n) is 4.91. The maximum absolute atomic E-state index is 12.0. The SMILES string of the molecule is CCCN(C)S(=O)(=O)c1ccc(NN)nc1. The zero-order chi connectivity index (χ0) is 12.2. The van der Waals surface area contributed by atoms with Gasteiger partial charge in [0.15, 0.2) is 0 Å². The van der Waals surface area contributed by atoms with Crippen molar-refractivity contribution >= 4 is 15.8 Å². The lowest BCUT2D eigenvalue weighted by Gasteiger charge is -2.15. The first kappa shape index (κ1) is 12.9. The number of sulfonamides is 1. The Morgan fingerprint density at radius 1 is 1.50 bits per heavy atom. The van der Waals surface area contributed by atoms with Crippen molar-refractivity contribution in [1.82, 2.24) is 9.29 Å². The third-order valence-corrected chi connectivity index (χ3v) is 3.97. The van der Waals surface area contributed by atoms with Gasteiger partial charge in [0.2, 0.25) is 10.0 Å². The number of nitrogen functional groups attached to an aromatic ring is 1. The van der Waals surface area contributed by atoms with Crippen LogP contribution >= 0.6 is 0 Å². The molecule has 7 heteroatoms. The molecular weight excluding hydrogens is 228 g/mol. The molecular formula is C9H16N4O2S. The number of anilines is 1. The van der Waals surface area contributed by atoms with Gasteiger partial charge >= 0.3 is 0 Å². The van der Waals surface area contributed by atoms with E-state index < -0.39 is 10.0 Å². The second kappa shape index (κ2) is 5.24. The van der Waals surface area contributed by atoms with E-state index in [1.165, 1.54) is 22.6 Å². The van der Waals surface area contributed by atoms with Crippen LogP contribution in [0.1, 0.15) is 13.3 Å². The zero-order valence-electron chi connectivity index (χ0n) is 9.34. The molecule has 0 aromatic carbocycles. The second-order valence-electron chi connectivity index (χ2n) is 3.35. The highest BCUT2D eigenvalue weighted by Crippen LogP contribution is 2.14. The minimum atomic E-state index is -3.42. The summed E-state index contributed by atoms with van der Waals surface area (Å²) in [5.41, 5.74) is 2.34. The maximum atomic E-state index is 12.0. The Morgan fingerprint density at radius 2 is 2.19 bits per heavy atom. The molecule has 16 heavy (non-hydrogen) atoms. The summed E-state index contributed by atoms with van der Waals surface area (Å²) in [4.78, 5) is 4.03. The van der Waals surface area contributed by atoms with Crippen molar-refractivity contribution in [3.8, 4) is 0 Å². The third kappa shape index (κ3) is 2.69. The van der Waals surface area contributed by atoms with Crippen molar-refractivity contribution in [2.75, 3.05) is 19.0 Å². The maximum Gasteiger partial charge on any atom is 0.244 e. The number of nitrogens with two attached hydrogens (primary N) is 1. The van der Waals surface area contributed by atoms with Gasteiger partial charge in [0, 0.05) is 19.8 Å². The van der Waals surface area contributed by atoms with E-state index >= 15 is 0 Å². The van der Waals surface area contributed by atoms with Crippen molar-refractivity contribution in [3.05, 3.63) is 18.3 Å². The fourth-order valence-electron chi connectivity index (χ4n) is 1.23. The number of nitrogens with one attached hydrogen (secondary N) is 1. The van der Waals surface area contributed by atoms with Crippen LogP contribution in [0.5, 0.6) is 0 Å². The van der Waals surface area contributed by atoms with Gasteiger partial charge < -0.3 is 5.43 Å². The Kier molecular flexibility index (Phi) is 4.22. The highest BCUT2D eigenvalue weighted by molar-refractivity contribution is 7.89. The minimum absolute atomic E-state index is 0.169. The van der Waals surface area contributed by atoms with Gasteiger partial charge in [-0.1, -0.05) is 6.92 Å². The molecule has 0 bridgehead atoms. The van der Waals surface area contributed by atoms with Gasteiger partial charge in [0.05, 0.1) is 0 Å². The van der Waals surface area contributed by atoms with E-state index in [2.05, 4.69) is 10.4 Å². The van der Waals surface area contributed by atoms with E-state index in [1.807, 2.05) is 6.92 Å². The lowest BCUT2D eigenvalue weighted by molar-refractivity contribution is 0.468. The average Bonchev–Trinajstić information content (AvgIpc) is 2.29. The fourth-order valence-corrected chi connectivity index (χ4v) is 2.44. The Hall–Kier alpha value is -1.18. The van der Waals surface area contributed by atoms with Crippen molar-refractivity contribution in [3.63, 3.8) is 0 Å². The first-order valence-corrected chi connectivity index (χ1v) is 6.35. The van der Waals surface area contributed by atoms with Crippen molar-refractivity contribution in [2.24, 2.45) is 5.84 Å². The Balaban J connectivity index is 2.98. The lowest BCUT2D eigenvalue weighted by Crippen LogP contribution is -2.27. The molecule has 3 N–H and O–H groups in total. The number of hydrazine groups is 1. The van der Waals surface area contributed by atoms with Crippen LogP contribution in [0.15, 0.2) is 23.2 Å². The Morgan fingerprint density at radius 3 is 2.62 bits per heavy atom. The van der Waals surface area contributed by atoms with Crippen molar-refractivity contribution < 1.29 is 8.42 Å². The van der Waals surface area contributed by atoms with Crippen molar-refractivity contribution in [1.29, 1.82) is 0 Å². The smallest absolute Gasteiger partial charge is 0.244 e. The van der Waals surface area contributed by atoms with Crippen molar-refractivity contribution in [2.45, 2.75) is 18.2 Å². The average molecular weight is 244 g/mol. The van der Waals surface area contributed by atoms with Gasteiger partial charge in [-0.3, -0.25) is 0 Å². The largest absolute Gasteiger partial charge is 0.308 e. The summed E-state index contributed by atoms with van der Waals surface area (Å²) in [6, 6.07) is 3.00. The fraction of sp³-hybridized carbons (Fsp3) is 0.444. The highest BCUT2D eigenvalue weighted by atomic mass is 32.2. The molecule has 0 saturated carbocycles. The van der Waals surface area contributed by atoms with Gasteiger partial charge in [-0.25, -0.2) is 23.5 Å². The standard InChI is InChI=1S/C9H16N4O2S/c1-3-6-13(2)16(14,15)8-4-5-9(12-10)11-7-8/h4-5,7H,3,6,10H2,1-2H3,(H,11,12). The number of rotatable bonds is 5. The van der Waals surface area contributed by atoms with Crippen LogP contribution in [0.4, 0.5) is 5.82 Å². The number of nitrogens with zero attached hydrogens (tertiary/aromatic N) is 2. The molecule has 0 saturated heterocycles. The predicted molar refractivity (Wildman–Crippen MR) is 62.2 cm³/mol. The number of aromatic nitrogens is 1. The molecule has 0 fully saturated rings. The summed E-state index contributed by atoms with van der Waals surface area (Å²) < 4.78 is 25.2. The molecule has 90 valence electrons. The van der Waals surface area contributed by atoms with E-state index in [1.54, 1.807) is 7.05 Å². The van der Waals surface area contributed by atoms with Gasteiger partial charge in [-0.05, 0) is 18.6 Å². The molecule has 0 amide bonds. The van der Waals surface area contributed by atoms with Crippen LogP contribution in [-0.2, 0) is 10.0 Å². The molecule has 0 spiro atoms.